The van der Waals surface area contributed by atoms with E-state index in [1.165, 1.54) is 51.4 Å². The van der Waals surface area contributed by atoms with Crippen molar-refractivity contribution in [2.75, 3.05) is 13.1 Å². The SMILES string of the molecule is CCCCCCCN=C(N)NC(N)=NCCCCCCC.Cl.Cl. The Morgan fingerprint density at radius 1 is 0.652 bits per heavy atom. The molecule has 0 fully saturated rings. The minimum Gasteiger partial charge on any atom is -0.370 e. The van der Waals surface area contributed by atoms with E-state index in [1.54, 1.807) is 0 Å². The predicted octanol–water partition coefficient (Wildman–Crippen LogP) is 3.99. The predicted molar refractivity (Wildman–Crippen MR) is 108 cm³/mol. The molecule has 7 heteroatoms. The lowest BCUT2D eigenvalue weighted by Crippen LogP contribution is -2.41. The van der Waals surface area contributed by atoms with Crippen molar-refractivity contribution in [3.05, 3.63) is 0 Å². The van der Waals surface area contributed by atoms with Crippen molar-refractivity contribution >= 4 is 36.7 Å². The first-order valence-electron chi connectivity index (χ1n) is 8.57. The van der Waals surface area contributed by atoms with Crippen LogP contribution in [-0.4, -0.2) is 25.0 Å². The van der Waals surface area contributed by atoms with E-state index in [0.29, 0.717) is 11.9 Å². The Balaban J connectivity index is -0.00000200. The Morgan fingerprint density at radius 3 is 1.35 bits per heavy atom. The van der Waals surface area contributed by atoms with Gasteiger partial charge in [-0.3, -0.25) is 15.3 Å². The first-order valence-corrected chi connectivity index (χ1v) is 8.57. The lowest BCUT2D eigenvalue weighted by atomic mass is 10.2. The number of nitrogens with one attached hydrogen (secondary N) is 1. The number of hydrogen-bond acceptors (Lipinski definition) is 2. The quantitative estimate of drug-likeness (QED) is 0.276. The highest BCUT2D eigenvalue weighted by molar-refractivity contribution is 5.96. The Bertz CT molecular complexity index is 268. The molecule has 0 rings (SSSR count). The Hall–Kier alpha value is -0.680. The maximum atomic E-state index is 5.76. The van der Waals surface area contributed by atoms with Crippen LogP contribution >= 0.6 is 24.8 Å². The summed E-state index contributed by atoms with van der Waals surface area (Å²) in [6, 6.07) is 0. The molecule has 0 aromatic heterocycles. The molecule has 0 radical (unpaired) electrons. The molecular weight excluding hydrogens is 333 g/mol. The summed E-state index contributed by atoms with van der Waals surface area (Å²) in [6.45, 7) is 5.94. The van der Waals surface area contributed by atoms with Crippen LogP contribution in [0.2, 0.25) is 0 Å². The van der Waals surface area contributed by atoms with Crippen LogP contribution < -0.4 is 16.8 Å². The summed E-state index contributed by atoms with van der Waals surface area (Å²) in [5.74, 6) is 0.746. The van der Waals surface area contributed by atoms with E-state index in [1.807, 2.05) is 0 Å². The van der Waals surface area contributed by atoms with Gasteiger partial charge in [-0.15, -0.1) is 24.8 Å². The molecule has 0 bridgehead atoms. The molecule has 5 nitrogen and oxygen atoms in total. The van der Waals surface area contributed by atoms with Gasteiger partial charge in [0.05, 0.1) is 0 Å². The summed E-state index contributed by atoms with van der Waals surface area (Å²) >= 11 is 0. The van der Waals surface area contributed by atoms with Crippen LogP contribution in [0, 0.1) is 0 Å². The van der Waals surface area contributed by atoms with Crippen LogP contribution in [0.5, 0.6) is 0 Å². The molecule has 0 unspecified atom stereocenters. The van der Waals surface area contributed by atoms with Crippen molar-refractivity contribution in [2.24, 2.45) is 21.5 Å². The van der Waals surface area contributed by atoms with Crippen LogP contribution in [0.25, 0.3) is 0 Å². The van der Waals surface area contributed by atoms with Crippen molar-refractivity contribution < 1.29 is 0 Å². The first-order chi connectivity index (χ1) is 10.2. The molecule has 5 N–H and O–H groups in total. The monoisotopic (exact) mass is 369 g/mol. The van der Waals surface area contributed by atoms with E-state index in [2.05, 4.69) is 29.1 Å². The van der Waals surface area contributed by atoms with Gasteiger partial charge >= 0.3 is 0 Å². The minimum atomic E-state index is 0. The van der Waals surface area contributed by atoms with Crippen LogP contribution in [0.1, 0.15) is 78.1 Å². The number of unbranched alkanes of at least 4 members (excludes halogenated alkanes) is 8. The average molecular weight is 370 g/mol. The molecule has 0 spiro atoms. The highest BCUT2D eigenvalue weighted by atomic mass is 35.5. The summed E-state index contributed by atoms with van der Waals surface area (Å²) in [6.07, 6.45) is 12.3. The number of halogens is 2. The van der Waals surface area contributed by atoms with E-state index in [9.17, 15) is 0 Å². The zero-order valence-corrected chi connectivity index (χ0v) is 16.5. The Kier molecular flexibility index (Phi) is 25.2. The molecule has 23 heavy (non-hydrogen) atoms. The number of hydrogen-bond donors (Lipinski definition) is 3. The van der Waals surface area contributed by atoms with Gasteiger partial charge in [0.25, 0.3) is 0 Å². The Morgan fingerprint density at radius 2 is 1.00 bits per heavy atom. The molecule has 0 aliphatic carbocycles. The zero-order chi connectivity index (χ0) is 15.8. The van der Waals surface area contributed by atoms with Gasteiger partial charge in [0.1, 0.15) is 0 Å². The largest absolute Gasteiger partial charge is 0.370 e. The molecule has 0 saturated carbocycles. The molecule has 0 amide bonds. The van der Waals surface area contributed by atoms with Crippen molar-refractivity contribution in [1.29, 1.82) is 0 Å². The van der Waals surface area contributed by atoms with Gasteiger partial charge in [-0.2, -0.15) is 0 Å². The number of aliphatic imine (C=N–C) groups is 2. The third kappa shape index (κ3) is 21.3. The number of nitrogens with two attached hydrogens (primary N) is 2. The molecule has 0 heterocycles. The van der Waals surface area contributed by atoms with Crippen molar-refractivity contribution in [2.45, 2.75) is 78.1 Å². The van der Waals surface area contributed by atoms with Gasteiger partial charge < -0.3 is 11.5 Å². The summed E-state index contributed by atoms with van der Waals surface area (Å²) in [5.41, 5.74) is 11.5. The van der Waals surface area contributed by atoms with Crippen LogP contribution in [0.3, 0.4) is 0 Å². The lowest BCUT2D eigenvalue weighted by molar-refractivity contribution is 0.637. The van der Waals surface area contributed by atoms with E-state index < -0.39 is 0 Å². The summed E-state index contributed by atoms with van der Waals surface area (Å²) in [7, 11) is 0. The van der Waals surface area contributed by atoms with Crippen LogP contribution in [0.15, 0.2) is 9.98 Å². The lowest BCUT2D eigenvalue weighted by Gasteiger charge is -2.05. The second-order valence-corrected chi connectivity index (χ2v) is 5.49. The minimum absolute atomic E-state index is 0. The van der Waals surface area contributed by atoms with Gasteiger partial charge in [-0.1, -0.05) is 65.2 Å². The second-order valence-electron chi connectivity index (χ2n) is 5.49. The average Bonchev–Trinajstić information content (AvgIpc) is 2.46. The molecule has 140 valence electrons. The molecule has 0 saturated heterocycles. The van der Waals surface area contributed by atoms with E-state index in [4.69, 9.17) is 11.5 Å². The number of rotatable bonds is 12. The molecular formula is C16H37Cl2N5. The number of nitrogens with zero attached hydrogens (tertiary/aromatic N) is 2. The number of guanidine groups is 2. The van der Waals surface area contributed by atoms with E-state index >= 15 is 0 Å². The van der Waals surface area contributed by atoms with E-state index in [-0.39, 0.29) is 24.8 Å². The molecule has 0 atom stereocenters. The zero-order valence-electron chi connectivity index (χ0n) is 14.9. The van der Waals surface area contributed by atoms with Crippen molar-refractivity contribution in [3.8, 4) is 0 Å². The van der Waals surface area contributed by atoms with Crippen LogP contribution in [0.4, 0.5) is 0 Å². The fourth-order valence-corrected chi connectivity index (χ4v) is 2.04. The molecule has 0 aromatic rings. The van der Waals surface area contributed by atoms with Gasteiger partial charge in [-0.05, 0) is 12.8 Å². The normalized spacial score (nSPS) is 11.6. The van der Waals surface area contributed by atoms with Gasteiger partial charge in [-0.25, -0.2) is 0 Å². The van der Waals surface area contributed by atoms with Crippen molar-refractivity contribution in [3.63, 3.8) is 0 Å². The van der Waals surface area contributed by atoms with Gasteiger partial charge in [0.15, 0.2) is 11.9 Å². The highest BCUT2D eigenvalue weighted by Gasteiger charge is 1.95. The topological polar surface area (TPSA) is 88.8 Å². The third-order valence-electron chi connectivity index (χ3n) is 3.34. The fraction of sp³-hybridized carbons (Fsp3) is 0.875. The maximum absolute atomic E-state index is 5.76. The molecule has 0 aliphatic heterocycles. The third-order valence-corrected chi connectivity index (χ3v) is 3.34. The summed E-state index contributed by atoms with van der Waals surface area (Å²) in [4.78, 5) is 8.51. The highest BCUT2D eigenvalue weighted by Crippen LogP contribution is 2.02. The van der Waals surface area contributed by atoms with Crippen molar-refractivity contribution in [1.82, 2.24) is 5.32 Å². The van der Waals surface area contributed by atoms with Gasteiger partial charge in [0, 0.05) is 13.1 Å². The standard InChI is InChI=1S/C16H35N5.2ClH/c1-3-5-7-9-11-13-19-15(17)21-16(18)20-14-12-10-8-6-4-2;;/h3-14H2,1-2H3,(H5,17,18,19,20,21);2*1H. The smallest absolute Gasteiger partial charge is 0.195 e. The maximum Gasteiger partial charge on any atom is 0.195 e. The fourth-order valence-electron chi connectivity index (χ4n) is 2.04. The van der Waals surface area contributed by atoms with Gasteiger partial charge in [0.2, 0.25) is 0 Å². The van der Waals surface area contributed by atoms with E-state index in [0.717, 1.165) is 25.9 Å². The molecule has 0 aliphatic rings. The van der Waals surface area contributed by atoms with Crippen LogP contribution in [-0.2, 0) is 0 Å². The second kappa shape index (κ2) is 21.3. The first kappa shape index (κ1) is 27.2. The molecule has 0 aromatic carbocycles. The Labute approximate surface area is 155 Å². The summed E-state index contributed by atoms with van der Waals surface area (Å²) in [5, 5.41) is 2.84. The summed E-state index contributed by atoms with van der Waals surface area (Å²) < 4.78 is 0.